The van der Waals surface area contributed by atoms with Crippen LogP contribution in [-0.4, -0.2) is 21.9 Å². The number of aliphatic hydroxyl groups is 1. The molecule has 0 aliphatic carbocycles. The maximum Gasteiger partial charge on any atom is 0.306 e. The van der Waals surface area contributed by atoms with Crippen molar-refractivity contribution in [3.63, 3.8) is 0 Å². The van der Waals surface area contributed by atoms with E-state index in [0.717, 1.165) is 22.4 Å². The zero-order valence-electron chi connectivity index (χ0n) is 9.23. The summed E-state index contributed by atoms with van der Waals surface area (Å²) in [5, 5.41) is 19.4. The Bertz CT molecular complexity index is 381. The number of halogens is 1. The van der Waals surface area contributed by atoms with Crippen LogP contribution in [0.5, 0.6) is 0 Å². The molecule has 96 valence electrons. The zero-order chi connectivity index (χ0) is 12.9. The third-order valence-corrected chi connectivity index (χ3v) is 4.61. The highest BCUT2D eigenvalue weighted by Crippen LogP contribution is 2.37. The van der Waals surface area contributed by atoms with Crippen LogP contribution >= 0.6 is 39.9 Å². The molecule has 3 nitrogen and oxygen atoms in total. The number of thiol groups is 1. The Balaban J connectivity index is 2.81. The van der Waals surface area contributed by atoms with Crippen molar-refractivity contribution in [1.82, 2.24) is 0 Å². The average Bonchev–Trinajstić information content (AvgIpc) is 2.65. The van der Waals surface area contributed by atoms with E-state index in [2.05, 4.69) is 28.6 Å². The highest BCUT2D eigenvalue weighted by atomic mass is 79.9. The smallest absolute Gasteiger partial charge is 0.306 e. The van der Waals surface area contributed by atoms with Crippen molar-refractivity contribution in [2.75, 3.05) is 5.75 Å². The zero-order valence-corrected chi connectivity index (χ0v) is 12.5. The van der Waals surface area contributed by atoms with Crippen LogP contribution in [0.3, 0.4) is 0 Å². The van der Waals surface area contributed by atoms with Gasteiger partial charge < -0.3 is 10.2 Å². The Morgan fingerprint density at radius 2 is 2.18 bits per heavy atom. The predicted molar refractivity (Wildman–Crippen MR) is 75.9 cm³/mol. The maximum absolute atomic E-state index is 10.8. The lowest BCUT2D eigenvalue weighted by Crippen LogP contribution is -2.28. The van der Waals surface area contributed by atoms with Gasteiger partial charge in [0.2, 0.25) is 0 Å². The van der Waals surface area contributed by atoms with Crippen molar-refractivity contribution in [2.24, 2.45) is 0 Å². The largest absolute Gasteiger partial charge is 0.481 e. The Morgan fingerprint density at radius 3 is 2.65 bits per heavy atom. The van der Waals surface area contributed by atoms with Crippen molar-refractivity contribution in [3.05, 3.63) is 20.8 Å². The summed E-state index contributed by atoms with van der Waals surface area (Å²) in [4.78, 5) is 11.5. The van der Waals surface area contributed by atoms with E-state index in [4.69, 9.17) is 5.11 Å². The van der Waals surface area contributed by atoms with Crippen molar-refractivity contribution in [3.8, 4) is 0 Å². The van der Waals surface area contributed by atoms with Crippen molar-refractivity contribution >= 4 is 45.9 Å². The summed E-state index contributed by atoms with van der Waals surface area (Å²) in [6.07, 6.45) is 1.83. The van der Waals surface area contributed by atoms with Crippen LogP contribution < -0.4 is 0 Å². The van der Waals surface area contributed by atoms with Gasteiger partial charge in [-0.3, -0.25) is 4.79 Å². The molecule has 1 aromatic heterocycles. The number of rotatable bonds is 7. The first-order valence-electron chi connectivity index (χ1n) is 5.29. The molecule has 1 heterocycles. The molecular formula is C11H15BrO3S2. The van der Waals surface area contributed by atoms with E-state index in [0.29, 0.717) is 11.3 Å². The van der Waals surface area contributed by atoms with Gasteiger partial charge in [-0.1, -0.05) is 0 Å². The maximum atomic E-state index is 10.8. The molecule has 0 aliphatic rings. The molecule has 0 saturated heterocycles. The Hall–Kier alpha value is -0.0400. The molecular weight excluding hydrogens is 324 g/mol. The normalized spacial score (nSPS) is 14.5. The standard InChI is InChI=1S/C11H15BrO3S2/c12-9-4-3-8(17-9)11(15,7-10(13)14)5-1-2-6-16/h3-4,15-16H,1-2,5-7H2,(H,13,14). The highest BCUT2D eigenvalue weighted by molar-refractivity contribution is 9.11. The molecule has 2 N–H and O–H groups in total. The molecule has 0 bridgehead atoms. The molecule has 0 amide bonds. The van der Waals surface area contributed by atoms with Crippen LogP contribution in [0.1, 0.15) is 30.6 Å². The molecule has 1 atom stereocenters. The first kappa shape index (κ1) is 15.0. The van der Waals surface area contributed by atoms with Crippen LogP contribution in [0.2, 0.25) is 0 Å². The van der Waals surface area contributed by atoms with Gasteiger partial charge in [-0.05, 0) is 53.1 Å². The Kier molecular flexibility index (Phi) is 5.99. The van der Waals surface area contributed by atoms with E-state index < -0.39 is 11.6 Å². The van der Waals surface area contributed by atoms with Gasteiger partial charge in [-0.25, -0.2) is 0 Å². The lowest BCUT2D eigenvalue weighted by molar-refractivity contribution is -0.143. The summed E-state index contributed by atoms with van der Waals surface area (Å²) < 4.78 is 0.894. The molecule has 6 heteroatoms. The van der Waals surface area contributed by atoms with Gasteiger partial charge in [0.1, 0.15) is 5.60 Å². The van der Waals surface area contributed by atoms with Gasteiger partial charge in [0.05, 0.1) is 10.2 Å². The second kappa shape index (κ2) is 6.78. The molecule has 0 fully saturated rings. The Morgan fingerprint density at radius 1 is 1.47 bits per heavy atom. The van der Waals surface area contributed by atoms with Crippen LogP contribution in [0.25, 0.3) is 0 Å². The van der Waals surface area contributed by atoms with Crippen LogP contribution in [-0.2, 0) is 10.4 Å². The molecule has 0 radical (unpaired) electrons. The summed E-state index contributed by atoms with van der Waals surface area (Å²) in [6, 6.07) is 3.60. The van der Waals surface area contributed by atoms with E-state index in [1.54, 1.807) is 6.07 Å². The van der Waals surface area contributed by atoms with Crippen molar-refractivity contribution in [1.29, 1.82) is 0 Å². The van der Waals surface area contributed by atoms with Crippen LogP contribution in [0.15, 0.2) is 15.9 Å². The van der Waals surface area contributed by atoms with Crippen molar-refractivity contribution in [2.45, 2.75) is 31.3 Å². The van der Waals surface area contributed by atoms with Gasteiger partial charge in [-0.15, -0.1) is 11.3 Å². The number of aliphatic carboxylic acids is 1. The van der Waals surface area contributed by atoms with Gasteiger partial charge in [0.15, 0.2) is 0 Å². The minimum Gasteiger partial charge on any atom is -0.481 e. The number of hydrogen-bond acceptors (Lipinski definition) is 4. The number of hydrogen-bond donors (Lipinski definition) is 3. The molecule has 17 heavy (non-hydrogen) atoms. The van der Waals surface area contributed by atoms with Crippen LogP contribution in [0, 0.1) is 0 Å². The summed E-state index contributed by atoms with van der Waals surface area (Å²) in [5.74, 6) is -0.236. The summed E-state index contributed by atoms with van der Waals surface area (Å²) in [7, 11) is 0. The SMILES string of the molecule is O=C(O)CC(O)(CCCCS)c1ccc(Br)s1. The topological polar surface area (TPSA) is 57.5 Å². The quantitative estimate of drug-likeness (QED) is 0.528. The molecule has 0 spiro atoms. The first-order valence-corrected chi connectivity index (χ1v) is 7.53. The molecule has 1 aromatic rings. The third-order valence-electron chi connectivity index (χ3n) is 2.47. The summed E-state index contributed by atoms with van der Waals surface area (Å²) >= 11 is 8.81. The fourth-order valence-corrected chi connectivity index (χ4v) is 3.37. The first-order chi connectivity index (χ1) is 7.98. The number of carboxylic acid groups (broad SMARTS) is 1. The molecule has 0 aromatic carbocycles. The van der Waals surface area contributed by atoms with E-state index in [-0.39, 0.29) is 6.42 Å². The monoisotopic (exact) mass is 338 g/mol. The van der Waals surface area contributed by atoms with Gasteiger partial charge in [-0.2, -0.15) is 12.6 Å². The molecule has 0 saturated carbocycles. The number of unbranched alkanes of at least 4 members (excludes halogenated alkanes) is 1. The van der Waals surface area contributed by atoms with E-state index >= 15 is 0 Å². The molecule has 1 unspecified atom stereocenters. The minimum absolute atomic E-state index is 0.257. The molecule has 0 aliphatic heterocycles. The fourth-order valence-electron chi connectivity index (χ4n) is 1.64. The predicted octanol–water partition coefficient (Wildman–Crippen LogP) is 3.27. The Labute approximate surface area is 118 Å². The lowest BCUT2D eigenvalue weighted by atomic mass is 9.91. The average molecular weight is 339 g/mol. The van der Waals surface area contributed by atoms with Gasteiger partial charge in [0, 0.05) is 4.88 Å². The minimum atomic E-state index is -1.26. The lowest BCUT2D eigenvalue weighted by Gasteiger charge is -2.25. The van der Waals surface area contributed by atoms with Crippen molar-refractivity contribution < 1.29 is 15.0 Å². The summed E-state index contributed by atoms with van der Waals surface area (Å²) in [5.41, 5.74) is -1.26. The number of carboxylic acids is 1. The molecule has 1 rings (SSSR count). The van der Waals surface area contributed by atoms with E-state index in [1.165, 1.54) is 11.3 Å². The third kappa shape index (κ3) is 4.62. The second-order valence-electron chi connectivity index (χ2n) is 3.89. The second-order valence-corrected chi connectivity index (χ2v) is 6.80. The summed E-state index contributed by atoms with van der Waals surface area (Å²) in [6.45, 7) is 0. The van der Waals surface area contributed by atoms with Gasteiger partial charge >= 0.3 is 5.97 Å². The highest BCUT2D eigenvalue weighted by Gasteiger charge is 2.33. The fraction of sp³-hybridized carbons (Fsp3) is 0.545. The number of thiophene rings is 1. The van der Waals surface area contributed by atoms with Crippen LogP contribution in [0.4, 0.5) is 0 Å². The van der Waals surface area contributed by atoms with Gasteiger partial charge in [0.25, 0.3) is 0 Å². The number of carbonyl (C=O) groups is 1. The van der Waals surface area contributed by atoms with E-state index in [9.17, 15) is 9.90 Å². The van der Waals surface area contributed by atoms with E-state index in [1.807, 2.05) is 6.07 Å².